The van der Waals surface area contributed by atoms with Crippen molar-refractivity contribution in [2.24, 2.45) is 0 Å². The van der Waals surface area contributed by atoms with E-state index in [9.17, 15) is 9.90 Å². The van der Waals surface area contributed by atoms with Gasteiger partial charge in [0.2, 0.25) is 5.78 Å². The van der Waals surface area contributed by atoms with Crippen molar-refractivity contribution in [3.63, 3.8) is 0 Å². The molecule has 1 fully saturated rings. The molecule has 1 aromatic rings. The zero-order valence-corrected chi connectivity index (χ0v) is 9.95. The number of ketones is 1. The van der Waals surface area contributed by atoms with Gasteiger partial charge in [0.1, 0.15) is 0 Å². The molecule has 0 bridgehead atoms. The van der Waals surface area contributed by atoms with E-state index < -0.39 is 0 Å². The topological polar surface area (TPSA) is 53.4 Å². The van der Waals surface area contributed by atoms with E-state index in [4.69, 9.17) is 0 Å². The van der Waals surface area contributed by atoms with E-state index in [0.29, 0.717) is 11.6 Å². The van der Waals surface area contributed by atoms with Gasteiger partial charge < -0.3 is 5.11 Å². The number of hydrogen-bond donors (Lipinski definition) is 1. The van der Waals surface area contributed by atoms with Crippen LogP contribution in [0.5, 0.6) is 0 Å². The molecule has 4 nitrogen and oxygen atoms in total. The van der Waals surface area contributed by atoms with Crippen molar-refractivity contribution >= 4 is 17.1 Å². The van der Waals surface area contributed by atoms with Gasteiger partial charge in [-0.25, -0.2) is 4.98 Å². The molecule has 0 spiro atoms. The van der Waals surface area contributed by atoms with E-state index in [0.717, 1.165) is 25.8 Å². The van der Waals surface area contributed by atoms with Crippen molar-refractivity contribution in [3.8, 4) is 0 Å². The van der Waals surface area contributed by atoms with E-state index in [2.05, 4.69) is 9.88 Å². The van der Waals surface area contributed by atoms with Gasteiger partial charge in [-0.05, 0) is 19.4 Å². The third kappa shape index (κ3) is 2.66. The zero-order chi connectivity index (χ0) is 11.4. The molecule has 1 aromatic heterocycles. The maximum absolute atomic E-state index is 11.9. The van der Waals surface area contributed by atoms with Crippen LogP contribution in [0.2, 0.25) is 0 Å². The lowest BCUT2D eigenvalue weighted by Gasteiger charge is -2.33. The van der Waals surface area contributed by atoms with Crippen molar-refractivity contribution in [1.82, 2.24) is 9.88 Å². The minimum Gasteiger partial charge on any atom is -0.395 e. The lowest BCUT2D eigenvalue weighted by molar-refractivity contribution is 0.0711. The van der Waals surface area contributed by atoms with Crippen LogP contribution in [-0.4, -0.2) is 46.5 Å². The third-order valence-electron chi connectivity index (χ3n) is 2.98. The van der Waals surface area contributed by atoms with Gasteiger partial charge in [0.05, 0.1) is 13.2 Å². The first-order chi connectivity index (χ1) is 7.81. The van der Waals surface area contributed by atoms with Crippen LogP contribution < -0.4 is 0 Å². The van der Waals surface area contributed by atoms with Gasteiger partial charge in [0, 0.05) is 17.6 Å². The highest BCUT2D eigenvalue weighted by Gasteiger charge is 2.24. The summed E-state index contributed by atoms with van der Waals surface area (Å²) in [5, 5.41) is 11.6. The summed E-state index contributed by atoms with van der Waals surface area (Å²) in [4.78, 5) is 17.9. The Kier molecular flexibility index (Phi) is 4.04. The molecule has 0 amide bonds. The number of piperidine rings is 1. The highest BCUT2D eigenvalue weighted by Crippen LogP contribution is 2.17. The standard InChI is InChI=1S/C11H16N2O2S/c14-8-9-3-1-2-5-13(9)7-10(15)11-12-4-6-16-11/h4,6,9,14H,1-3,5,7-8H2. The van der Waals surface area contributed by atoms with Gasteiger partial charge in [0.25, 0.3) is 0 Å². The molecule has 1 aliphatic heterocycles. The first kappa shape index (κ1) is 11.7. The lowest BCUT2D eigenvalue weighted by Crippen LogP contribution is -2.44. The first-order valence-electron chi connectivity index (χ1n) is 5.59. The van der Waals surface area contributed by atoms with E-state index in [1.165, 1.54) is 11.3 Å². The Balaban J connectivity index is 1.95. The number of carbonyl (C=O) groups excluding carboxylic acids is 1. The molecule has 16 heavy (non-hydrogen) atoms. The van der Waals surface area contributed by atoms with Gasteiger partial charge >= 0.3 is 0 Å². The minimum absolute atomic E-state index is 0.0651. The van der Waals surface area contributed by atoms with Crippen molar-refractivity contribution in [2.45, 2.75) is 25.3 Å². The summed E-state index contributed by atoms with van der Waals surface area (Å²) in [6.45, 7) is 1.44. The predicted octanol–water partition coefficient (Wildman–Crippen LogP) is 1.17. The largest absolute Gasteiger partial charge is 0.395 e. The van der Waals surface area contributed by atoms with Crippen molar-refractivity contribution in [1.29, 1.82) is 0 Å². The number of aromatic nitrogens is 1. The second-order valence-corrected chi connectivity index (χ2v) is 4.96. The molecule has 0 saturated carbocycles. The van der Waals surface area contributed by atoms with Crippen molar-refractivity contribution in [2.75, 3.05) is 19.7 Å². The number of aliphatic hydroxyl groups is 1. The highest BCUT2D eigenvalue weighted by molar-refractivity contribution is 7.11. The van der Waals surface area contributed by atoms with E-state index in [1.54, 1.807) is 6.20 Å². The second kappa shape index (κ2) is 5.52. The smallest absolute Gasteiger partial charge is 0.205 e. The van der Waals surface area contributed by atoms with Crippen molar-refractivity contribution < 1.29 is 9.90 Å². The summed E-state index contributed by atoms with van der Waals surface area (Å²) in [6.07, 6.45) is 4.90. The molecule has 0 aliphatic carbocycles. The summed E-state index contributed by atoms with van der Waals surface area (Å²) in [5.41, 5.74) is 0. The van der Waals surface area contributed by atoms with Crippen LogP contribution in [0.1, 0.15) is 29.1 Å². The van der Waals surface area contributed by atoms with Crippen LogP contribution in [0.15, 0.2) is 11.6 Å². The van der Waals surface area contributed by atoms with Crippen LogP contribution in [0.3, 0.4) is 0 Å². The Hall–Kier alpha value is -0.780. The molecule has 5 heteroatoms. The molecule has 1 aliphatic rings. The quantitative estimate of drug-likeness (QED) is 0.803. The fourth-order valence-corrected chi connectivity index (χ4v) is 2.66. The maximum atomic E-state index is 11.9. The molecule has 1 saturated heterocycles. The number of aliphatic hydroxyl groups excluding tert-OH is 1. The molecule has 2 heterocycles. The fraction of sp³-hybridized carbons (Fsp3) is 0.636. The molecule has 1 atom stereocenters. The Bertz CT molecular complexity index is 340. The Labute approximate surface area is 98.9 Å². The Morgan fingerprint density at radius 3 is 3.19 bits per heavy atom. The predicted molar refractivity (Wildman–Crippen MR) is 62.7 cm³/mol. The summed E-state index contributed by atoms with van der Waals surface area (Å²) >= 11 is 1.38. The van der Waals surface area contributed by atoms with Crippen molar-refractivity contribution in [3.05, 3.63) is 16.6 Å². The zero-order valence-electron chi connectivity index (χ0n) is 9.13. The van der Waals surface area contributed by atoms with Gasteiger partial charge in [0.15, 0.2) is 5.01 Å². The number of thiazole rings is 1. The van der Waals surface area contributed by atoms with Gasteiger partial charge in [-0.2, -0.15) is 0 Å². The number of hydrogen-bond acceptors (Lipinski definition) is 5. The molecule has 1 unspecified atom stereocenters. The van der Waals surface area contributed by atoms with Crippen LogP contribution in [-0.2, 0) is 0 Å². The first-order valence-corrected chi connectivity index (χ1v) is 6.47. The SMILES string of the molecule is O=C(CN1CCCCC1CO)c1nccs1. The number of nitrogens with zero attached hydrogens (tertiary/aromatic N) is 2. The normalized spacial score (nSPS) is 22.2. The van der Waals surface area contributed by atoms with E-state index in [-0.39, 0.29) is 18.4 Å². The maximum Gasteiger partial charge on any atom is 0.205 e. The van der Waals surface area contributed by atoms with Crippen LogP contribution >= 0.6 is 11.3 Å². The number of likely N-dealkylation sites (tertiary alicyclic amines) is 1. The summed E-state index contributed by atoms with van der Waals surface area (Å²) < 4.78 is 0. The Morgan fingerprint density at radius 2 is 2.50 bits per heavy atom. The van der Waals surface area contributed by atoms with Crippen LogP contribution in [0, 0.1) is 0 Å². The number of Topliss-reactive ketones (excluding diaryl/α,β-unsaturated/α-hetero) is 1. The van der Waals surface area contributed by atoms with E-state index >= 15 is 0 Å². The minimum atomic E-state index is 0.0651. The molecule has 1 N–H and O–H groups in total. The van der Waals surface area contributed by atoms with Gasteiger partial charge in [-0.1, -0.05) is 6.42 Å². The molecular weight excluding hydrogens is 224 g/mol. The third-order valence-corrected chi connectivity index (χ3v) is 3.79. The van der Waals surface area contributed by atoms with Gasteiger partial charge in [-0.3, -0.25) is 9.69 Å². The lowest BCUT2D eigenvalue weighted by atomic mass is 10.0. The molecule has 88 valence electrons. The average Bonchev–Trinajstić information content (AvgIpc) is 2.83. The Morgan fingerprint density at radius 1 is 1.62 bits per heavy atom. The summed E-state index contributed by atoms with van der Waals surface area (Å²) in [5.74, 6) is 0.0651. The average molecular weight is 240 g/mol. The monoisotopic (exact) mass is 240 g/mol. The summed E-state index contributed by atoms with van der Waals surface area (Å²) in [6, 6.07) is 0.151. The molecule has 0 aromatic carbocycles. The summed E-state index contributed by atoms with van der Waals surface area (Å²) in [7, 11) is 0. The van der Waals surface area contributed by atoms with Crippen LogP contribution in [0.25, 0.3) is 0 Å². The number of rotatable bonds is 4. The van der Waals surface area contributed by atoms with Crippen LogP contribution in [0.4, 0.5) is 0 Å². The van der Waals surface area contributed by atoms with E-state index in [1.807, 2.05) is 5.38 Å². The highest BCUT2D eigenvalue weighted by atomic mass is 32.1. The number of carbonyl (C=O) groups is 1. The molecule has 0 radical (unpaired) electrons. The van der Waals surface area contributed by atoms with Gasteiger partial charge in [-0.15, -0.1) is 11.3 Å². The molecule has 2 rings (SSSR count). The molecular formula is C11H16N2O2S. The second-order valence-electron chi connectivity index (χ2n) is 4.06. The fourth-order valence-electron chi connectivity index (χ4n) is 2.09.